The van der Waals surface area contributed by atoms with Gasteiger partial charge in [-0.3, -0.25) is 0 Å². The number of rotatable bonds is 5. The van der Waals surface area contributed by atoms with Gasteiger partial charge in [0, 0.05) is 10.2 Å². The number of aliphatic hydroxyl groups is 2. The van der Waals surface area contributed by atoms with E-state index in [1.807, 2.05) is 0 Å². The minimum absolute atomic E-state index is 0.105. The zero-order chi connectivity index (χ0) is 13.1. The van der Waals surface area contributed by atoms with Crippen molar-refractivity contribution in [2.45, 2.75) is 18.3 Å². The standard InChI is InChI=1S/C11H15BrO4S/c1-2-17(15,16)10(7-13)11(14)8-3-5-9(12)6-4-8/h3-6,10-11,13-14H,2,7H2,1H3/t10-,11+/m0/s1. The van der Waals surface area contributed by atoms with E-state index in [1.165, 1.54) is 6.92 Å². The normalized spacial score (nSPS) is 15.5. The molecule has 17 heavy (non-hydrogen) atoms. The summed E-state index contributed by atoms with van der Waals surface area (Å²) in [6, 6.07) is 6.68. The molecule has 0 aliphatic carbocycles. The van der Waals surface area contributed by atoms with E-state index in [-0.39, 0.29) is 5.75 Å². The monoisotopic (exact) mass is 322 g/mol. The summed E-state index contributed by atoms with van der Waals surface area (Å²) in [6.07, 6.45) is -1.21. The number of benzene rings is 1. The second kappa shape index (κ2) is 5.95. The summed E-state index contributed by atoms with van der Waals surface area (Å²) < 4.78 is 24.2. The number of halogens is 1. The minimum atomic E-state index is -3.48. The van der Waals surface area contributed by atoms with Gasteiger partial charge in [-0.15, -0.1) is 0 Å². The maximum absolute atomic E-state index is 11.7. The molecule has 1 rings (SSSR count). The van der Waals surface area contributed by atoms with Gasteiger partial charge in [-0.25, -0.2) is 8.42 Å². The van der Waals surface area contributed by atoms with Gasteiger partial charge in [0.15, 0.2) is 9.84 Å². The molecule has 0 spiro atoms. The molecule has 96 valence electrons. The van der Waals surface area contributed by atoms with E-state index in [1.54, 1.807) is 24.3 Å². The highest BCUT2D eigenvalue weighted by molar-refractivity contribution is 9.10. The van der Waals surface area contributed by atoms with Crippen LogP contribution in [0, 0.1) is 0 Å². The Labute approximate surface area is 109 Å². The first kappa shape index (κ1) is 14.6. The van der Waals surface area contributed by atoms with Crippen LogP contribution in [-0.4, -0.2) is 36.2 Å². The van der Waals surface area contributed by atoms with Crippen LogP contribution in [-0.2, 0) is 9.84 Å². The minimum Gasteiger partial charge on any atom is -0.395 e. The second-order valence-corrected chi connectivity index (χ2v) is 7.09. The van der Waals surface area contributed by atoms with Crippen LogP contribution in [0.15, 0.2) is 28.7 Å². The Hall–Kier alpha value is -0.430. The van der Waals surface area contributed by atoms with Crippen molar-refractivity contribution >= 4 is 25.8 Å². The predicted octanol–water partition coefficient (Wildman–Crippen LogP) is 1.28. The number of hydrogen-bond acceptors (Lipinski definition) is 4. The molecule has 0 heterocycles. The fourth-order valence-corrected chi connectivity index (χ4v) is 2.97. The van der Waals surface area contributed by atoms with Gasteiger partial charge in [0.2, 0.25) is 0 Å². The van der Waals surface area contributed by atoms with Crippen LogP contribution >= 0.6 is 15.9 Å². The summed E-state index contributed by atoms with van der Waals surface area (Å²) in [6.45, 7) is 0.902. The first-order valence-corrected chi connectivity index (χ1v) is 7.69. The highest BCUT2D eigenvalue weighted by Gasteiger charge is 2.31. The third-order valence-electron chi connectivity index (χ3n) is 2.61. The molecule has 1 aromatic carbocycles. The third-order valence-corrected chi connectivity index (χ3v) is 5.27. The van der Waals surface area contributed by atoms with Crippen molar-refractivity contribution in [2.75, 3.05) is 12.4 Å². The van der Waals surface area contributed by atoms with Crippen LogP contribution in [0.5, 0.6) is 0 Å². The summed E-state index contributed by atoms with van der Waals surface area (Å²) in [7, 11) is -3.48. The first-order chi connectivity index (χ1) is 7.92. The molecule has 0 fully saturated rings. The van der Waals surface area contributed by atoms with Gasteiger partial charge in [0.05, 0.1) is 12.7 Å². The zero-order valence-electron chi connectivity index (χ0n) is 9.38. The molecule has 2 atom stereocenters. The van der Waals surface area contributed by atoms with E-state index in [4.69, 9.17) is 5.11 Å². The quantitative estimate of drug-likeness (QED) is 0.856. The number of sulfone groups is 1. The molecule has 0 radical (unpaired) electrons. The molecule has 2 N–H and O–H groups in total. The molecule has 0 aliphatic heterocycles. The van der Waals surface area contributed by atoms with E-state index in [2.05, 4.69) is 15.9 Å². The van der Waals surface area contributed by atoms with Crippen molar-refractivity contribution in [2.24, 2.45) is 0 Å². The van der Waals surface area contributed by atoms with Gasteiger partial charge in [0.25, 0.3) is 0 Å². The van der Waals surface area contributed by atoms with Crippen molar-refractivity contribution in [1.82, 2.24) is 0 Å². The van der Waals surface area contributed by atoms with Gasteiger partial charge in [0.1, 0.15) is 5.25 Å². The average molecular weight is 323 g/mol. The maximum Gasteiger partial charge on any atom is 0.158 e. The maximum atomic E-state index is 11.7. The van der Waals surface area contributed by atoms with Crippen molar-refractivity contribution in [1.29, 1.82) is 0 Å². The van der Waals surface area contributed by atoms with E-state index in [0.29, 0.717) is 5.56 Å². The van der Waals surface area contributed by atoms with Crippen LogP contribution in [0.4, 0.5) is 0 Å². The smallest absolute Gasteiger partial charge is 0.158 e. The molecule has 0 aromatic heterocycles. The van der Waals surface area contributed by atoms with Crippen LogP contribution in [0.2, 0.25) is 0 Å². The summed E-state index contributed by atoms with van der Waals surface area (Å²) in [5.41, 5.74) is 0.476. The fourth-order valence-electron chi connectivity index (χ4n) is 1.50. The van der Waals surface area contributed by atoms with E-state index < -0.39 is 27.8 Å². The average Bonchev–Trinajstić information content (AvgIpc) is 2.30. The van der Waals surface area contributed by atoms with Crippen molar-refractivity contribution in [3.05, 3.63) is 34.3 Å². The predicted molar refractivity (Wildman–Crippen MR) is 69.4 cm³/mol. The summed E-state index contributed by atoms with van der Waals surface area (Å²) in [5, 5.41) is 17.9. The second-order valence-electron chi connectivity index (χ2n) is 3.67. The first-order valence-electron chi connectivity index (χ1n) is 5.18. The molecule has 4 nitrogen and oxygen atoms in total. The molecule has 0 amide bonds. The lowest BCUT2D eigenvalue weighted by molar-refractivity contribution is 0.138. The molecule has 0 unspecified atom stereocenters. The highest BCUT2D eigenvalue weighted by Crippen LogP contribution is 2.24. The lowest BCUT2D eigenvalue weighted by atomic mass is 10.1. The van der Waals surface area contributed by atoms with Gasteiger partial charge < -0.3 is 10.2 Å². The number of hydrogen-bond donors (Lipinski definition) is 2. The van der Waals surface area contributed by atoms with Crippen LogP contribution in [0.25, 0.3) is 0 Å². The summed E-state index contributed by atoms with van der Waals surface area (Å²) in [5.74, 6) is -0.105. The Morgan fingerprint density at radius 3 is 2.24 bits per heavy atom. The van der Waals surface area contributed by atoms with Crippen LogP contribution in [0.1, 0.15) is 18.6 Å². The largest absolute Gasteiger partial charge is 0.395 e. The molecular weight excluding hydrogens is 308 g/mol. The zero-order valence-corrected chi connectivity index (χ0v) is 11.8. The lowest BCUT2D eigenvalue weighted by Gasteiger charge is -2.20. The Bertz CT molecular complexity index is 455. The van der Waals surface area contributed by atoms with Crippen molar-refractivity contribution in [3.8, 4) is 0 Å². The Morgan fingerprint density at radius 2 is 1.82 bits per heavy atom. The third kappa shape index (κ3) is 3.51. The van der Waals surface area contributed by atoms with Gasteiger partial charge in [-0.2, -0.15) is 0 Å². The Morgan fingerprint density at radius 1 is 1.29 bits per heavy atom. The SMILES string of the molecule is CCS(=O)(=O)[C@@H](CO)[C@H](O)c1ccc(Br)cc1. The highest BCUT2D eigenvalue weighted by atomic mass is 79.9. The molecular formula is C11H15BrO4S. The summed E-state index contributed by atoms with van der Waals surface area (Å²) in [4.78, 5) is 0. The topological polar surface area (TPSA) is 74.6 Å². The fraction of sp³-hybridized carbons (Fsp3) is 0.455. The van der Waals surface area contributed by atoms with E-state index in [9.17, 15) is 13.5 Å². The molecule has 0 bridgehead atoms. The Balaban J connectivity index is 3.02. The molecule has 1 aromatic rings. The molecule has 0 saturated heterocycles. The van der Waals surface area contributed by atoms with E-state index in [0.717, 1.165) is 4.47 Å². The molecule has 0 aliphatic rings. The lowest BCUT2D eigenvalue weighted by Crippen LogP contribution is -2.33. The van der Waals surface area contributed by atoms with Gasteiger partial charge in [-0.05, 0) is 17.7 Å². The Kier molecular flexibility index (Phi) is 5.12. The molecule has 0 saturated carbocycles. The van der Waals surface area contributed by atoms with Crippen LogP contribution in [0.3, 0.4) is 0 Å². The molecule has 6 heteroatoms. The summed E-state index contributed by atoms with van der Waals surface area (Å²) >= 11 is 3.25. The van der Waals surface area contributed by atoms with Crippen molar-refractivity contribution < 1.29 is 18.6 Å². The number of aliphatic hydroxyl groups excluding tert-OH is 2. The van der Waals surface area contributed by atoms with E-state index >= 15 is 0 Å². The van der Waals surface area contributed by atoms with Crippen LogP contribution < -0.4 is 0 Å². The van der Waals surface area contributed by atoms with Crippen molar-refractivity contribution in [3.63, 3.8) is 0 Å². The van der Waals surface area contributed by atoms with Gasteiger partial charge in [-0.1, -0.05) is 35.0 Å². The van der Waals surface area contributed by atoms with Gasteiger partial charge >= 0.3 is 0 Å².